The maximum atomic E-state index is 10.7. The number of anilines is 1. The Kier molecular flexibility index (Phi) is 5.43. The Morgan fingerprint density at radius 2 is 1.80 bits per heavy atom. The van der Waals surface area contributed by atoms with E-state index in [0.29, 0.717) is 11.7 Å². The van der Waals surface area contributed by atoms with E-state index in [0.717, 1.165) is 25.9 Å². The molecule has 0 aliphatic heterocycles. The predicted molar refractivity (Wildman–Crippen MR) is 83.7 cm³/mol. The van der Waals surface area contributed by atoms with Crippen LogP contribution in [0.2, 0.25) is 0 Å². The molecule has 0 radical (unpaired) electrons. The Bertz CT molecular complexity index is 515. The van der Waals surface area contributed by atoms with Gasteiger partial charge in [-0.25, -0.2) is 8.42 Å². The summed E-state index contributed by atoms with van der Waals surface area (Å²) in [7, 11) is -2.58. The van der Waals surface area contributed by atoms with E-state index < -0.39 is 10.9 Å². The Labute approximate surface area is 123 Å². The van der Waals surface area contributed by atoms with Crippen molar-refractivity contribution in [3.63, 3.8) is 0 Å². The van der Waals surface area contributed by atoms with Crippen molar-refractivity contribution in [3.05, 3.63) is 29.3 Å². The molecule has 1 aromatic carbocycles. The fourth-order valence-electron chi connectivity index (χ4n) is 3.08. The van der Waals surface area contributed by atoms with Crippen molar-refractivity contribution in [1.82, 2.24) is 4.90 Å². The highest BCUT2D eigenvalue weighted by Gasteiger charge is 2.26. The van der Waals surface area contributed by atoms with Gasteiger partial charge in [0.2, 0.25) is 10.9 Å². The van der Waals surface area contributed by atoms with Gasteiger partial charge in [-0.2, -0.15) is 0 Å². The van der Waals surface area contributed by atoms with E-state index in [2.05, 4.69) is 29.5 Å². The van der Waals surface area contributed by atoms with Gasteiger partial charge in [0.05, 0.1) is 0 Å². The summed E-state index contributed by atoms with van der Waals surface area (Å²) in [6.07, 6.45) is 4.46. The molecule has 112 valence electrons. The third-order valence-electron chi connectivity index (χ3n) is 3.88. The lowest BCUT2D eigenvalue weighted by molar-refractivity contribution is 0.202. The van der Waals surface area contributed by atoms with Crippen LogP contribution in [0.15, 0.2) is 18.2 Å². The standard InChI is InChI=1S/C15H24N2O2S/c1-3-7-17(8-4-2)15-10-12-5-6-14(16-20(18)19)9-13(12)11-15/h5-6,9,15,20H,3-4,7-8,10-11H2,1-2H3,(H,16,18,19). The first kappa shape index (κ1) is 15.3. The van der Waals surface area contributed by atoms with Gasteiger partial charge in [0.1, 0.15) is 0 Å². The molecule has 1 aromatic rings. The van der Waals surface area contributed by atoms with Crippen LogP contribution >= 0.6 is 0 Å². The molecule has 0 aromatic heterocycles. The molecule has 1 unspecified atom stereocenters. The Morgan fingerprint density at radius 1 is 1.15 bits per heavy atom. The molecule has 0 fully saturated rings. The highest BCUT2D eigenvalue weighted by Crippen LogP contribution is 2.28. The third kappa shape index (κ3) is 3.73. The molecule has 0 heterocycles. The molecule has 0 amide bonds. The lowest BCUT2D eigenvalue weighted by atomic mass is 10.1. The first-order valence-corrected chi connectivity index (χ1v) is 8.58. The smallest absolute Gasteiger partial charge is 0.222 e. The summed E-state index contributed by atoms with van der Waals surface area (Å²) in [5, 5.41) is 0. The number of hydrogen-bond donors (Lipinski definition) is 2. The second-order valence-electron chi connectivity index (χ2n) is 5.45. The van der Waals surface area contributed by atoms with E-state index in [4.69, 9.17) is 0 Å². The van der Waals surface area contributed by atoms with E-state index >= 15 is 0 Å². The van der Waals surface area contributed by atoms with Gasteiger partial charge in [0.15, 0.2) is 0 Å². The average molecular weight is 296 g/mol. The van der Waals surface area contributed by atoms with Crippen molar-refractivity contribution in [1.29, 1.82) is 0 Å². The lowest BCUT2D eigenvalue weighted by Crippen LogP contribution is -2.37. The SMILES string of the molecule is CCCN(CCC)C1Cc2ccc(N[SH](=O)=O)cc2C1. The zero-order valence-electron chi connectivity index (χ0n) is 12.3. The van der Waals surface area contributed by atoms with Crippen LogP contribution in [0.4, 0.5) is 5.69 Å². The molecule has 0 saturated heterocycles. The van der Waals surface area contributed by atoms with Gasteiger partial charge in [0, 0.05) is 11.7 Å². The zero-order chi connectivity index (χ0) is 14.5. The van der Waals surface area contributed by atoms with Crippen LogP contribution in [0, 0.1) is 0 Å². The maximum absolute atomic E-state index is 10.7. The zero-order valence-corrected chi connectivity index (χ0v) is 13.2. The van der Waals surface area contributed by atoms with Crippen molar-refractivity contribution in [2.45, 2.75) is 45.6 Å². The molecule has 4 nitrogen and oxygen atoms in total. The van der Waals surface area contributed by atoms with Crippen molar-refractivity contribution in [2.24, 2.45) is 0 Å². The van der Waals surface area contributed by atoms with Gasteiger partial charge < -0.3 is 0 Å². The first-order valence-electron chi connectivity index (χ1n) is 7.41. The topological polar surface area (TPSA) is 49.4 Å². The van der Waals surface area contributed by atoms with E-state index in [1.165, 1.54) is 24.0 Å². The molecule has 1 atom stereocenters. The second-order valence-corrected chi connectivity index (χ2v) is 6.19. The monoisotopic (exact) mass is 296 g/mol. The van der Waals surface area contributed by atoms with Gasteiger partial charge in [0.25, 0.3) is 0 Å². The molecule has 1 aliphatic rings. The minimum absolute atomic E-state index is 0.571. The summed E-state index contributed by atoms with van der Waals surface area (Å²) in [5.41, 5.74) is 3.32. The fourth-order valence-corrected chi connectivity index (χ4v) is 3.43. The van der Waals surface area contributed by atoms with Crippen LogP contribution in [0.1, 0.15) is 37.8 Å². The van der Waals surface area contributed by atoms with Crippen LogP contribution < -0.4 is 4.72 Å². The van der Waals surface area contributed by atoms with Crippen LogP contribution in [0.5, 0.6) is 0 Å². The third-order valence-corrected chi connectivity index (χ3v) is 4.32. The van der Waals surface area contributed by atoms with Crippen LogP contribution in [0.3, 0.4) is 0 Å². The summed E-state index contributed by atoms with van der Waals surface area (Å²) in [6.45, 7) is 6.73. The molecular weight excluding hydrogens is 272 g/mol. The molecule has 0 saturated carbocycles. The average Bonchev–Trinajstić information content (AvgIpc) is 2.80. The van der Waals surface area contributed by atoms with Crippen LogP contribution in [-0.2, 0) is 23.7 Å². The molecule has 5 heteroatoms. The van der Waals surface area contributed by atoms with Gasteiger partial charge >= 0.3 is 0 Å². The van der Waals surface area contributed by atoms with E-state index in [-0.39, 0.29) is 0 Å². The summed E-state index contributed by atoms with van der Waals surface area (Å²) in [6, 6.07) is 6.47. The molecule has 0 bridgehead atoms. The summed E-state index contributed by atoms with van der Waals surface area (Å²) in [5.74, 6) is 0. The summed E-state index contributed by atoms with van der Waals surface area (Å²) in [4.78, 5) is 2.57. The number of hydrogen-bond acceptors (Lipinski definition) is 3. The molecule has 1 aliphatic carbocycles. The van der Waals surface area contributed by atoms with E-state index in [1.807, 2.05) is 12.1 Å². The van der Waals surface area contributed by atoms with Crippen molar-refractivity contribution in [3.8, 4) is 0 Å². The normalized spacial score (nSPS) is 17.7. The number of thiol groups is 1. The minimum Gasteiger partial charge on any atom is -0.300 e. The van der Waals surface area contributed by atoms with Gasteiger partial charge in [-0.1, -0.05) is 19.9 Å². The van der Waals surface area contributed by atoms with Crippen molar-refractivity contribution in [2.75, 3.05) is 17.8 Å². The van der Waals surface area contributed by atoms with Gasteiger partial charge in [-0.05, 0) is 62.0 Å². The fraction of sp³-hybridized carbons (Fsp3) is 0.600. The Morgan fingerprint density at radius 3 is 2.40 bits per heavy atom. The van der Waals surface area contributed by atoms with Gasteiger partial charge in [-0.3, -0.25) is 9.62 Å². The molecule has 20 heavy (non-hydrogen) atoms. The Hall–Kier alpha value is -1.07. The molecule has 0 spiro atoms. The molecule has 2 rings (SSSR count). The maximum Gasteiger partial charge on any atom is 0.222 e. The van der Waals surface area contributed by atoms with Crippen molar-refractivity contribution < 1.29 is 8.42 Å². The van der Waals surface area contributed by atoms with E-state index in [9.17, 15) is 8.42 Å². The number of benzene rings is 1. The van der Waals surface area contributed by atoms with Crippen LogP contribution in [0.25, 0.3) is 0 Å². The number of rotatable bonds is 7. The molecular formula is C15H24N2O2S. The number of fused-ring (bicyclic) bond motifs is 1. The first-order chi connectivity index (χ1) is 9.63. The van der Waals surface area contributed by atoms with Crippen LogP contribution in [-0.4, -0.2) is 32.4 Å². The largest absolute Gasteiger partial charge is 0.300 e. The highest BCUT2D eigenvalue weighted by molar-refractivity contribution is 7.73. The van der Waals surface area contributed by atoms with Gasteiger partial charge in [-0.15, -0.1) is 0 Å². The highest BCUT2D eigenvalue weighted by atomic mass is 32.2. The van der Waals surface area contributed by atoms with Crippen molar-refractivity contribution >= 4 is 16.6 Å². The van der Waals surface area contributed by atoms with E-state index in [1.54, 1.807) is 0 Å². The Balaban J connectivity index is 2.09. The molecule has 1 N–H and O–H groups in total. The number of nitrogens with zero attached hydrogens (tertiary/aromatic N) is 1. The lowest BCUT2D eigenvalue weighted by Gasteiger charge is -2.27. The quantitative estimate of drug-likeness (QED) is 0.759. The number of nitrogens with one attached hydrogen (secondary N) is 1. The minimum atomic E-state index is -2.58. The summed E-state index contributed by atoms with van der Waals surface area (Å²) >= 11 is 0. The summed E-state index contributed by atoms with van der Waals surface area (Å²) < 4.78 is 23.9. The predicted octanol–water partition coefficient (Wildman–Crippen LogP) is 2.21. The second kappa shape index (κ2) is 7.09.